The number of H-pyrrole nitrogens is 1. The molecule has 0 aliphatic rings. The monoisotopic (exact) mass is 854 g/mol. The van der Waals surface area contributed by atoms with Gasteiger partial charge in [-0.3, -0.25) is 14.9 Å². The molecule has 2 N–H and O–H groups in total. The Hall–Kier alpha value is -5.84. The molecule has 0 fully saturated rings. The zero-order chi connectivity index (χ0) is 40.2. The Morgan fingerprint density at radius 2 is 1.34 bits per heavy atom. The molecule has 0 amide bonds. The molecule has 0 saturated heterocycles. The number of sulfone groups is 2. The number of hydrogen-bond acceptors (Lipinski definition) is 14. The number of rotatable bonds is 8. The molecule has 6 aromatic rings. The third kappa shape index (κ3) is 10.1. The van der Waals surface area contributed by atoms with Gasteiger partial charge in [0.05, 0.1) is 38.2 Å². The van der Waals surface area contributed by atoms with Gasteiger partial charge >= 0.3 is 17.4 Å². The van der Waals surface area contributed by atoms with Crippen molar-refractivity contribution in [2.75, 3.05) is 12.5 Å². The summed E-state index contributed by atoms with van der Waals surface area (Å²) in [5, 5.41) is 65.4. The summed E-state index contributed by atoms with van der Waals surface area (Å²) in [4.78, 5) is 16.4. The van der Waals surface area contributed by atoms with Crippen LogP contribution in [0.15, 0.2) is 131 Å². The predicted molar refractivity (Wildman–Crippen MR) is 201 cm³/mol. The first-order valence-electron chi connectivity index (χ1n) is 15.7. The fourth-order valence-electron chi connectivity index (χ4n) is 4.96. The number of nitrogens with one attached hydrogen (secondary N) is 1. The first-order valence-corrected chi connectivity index (χ1v) is 19.9. The van der Waals surface area contributed by atoms with Crippen LogP contribution in [0.1, 0.15) is 12.6 Å². The van der Waals surface area contributed by atoms with Crippen LogP contribution in [-0.2, 0) is 37.0 Å². The van der Waals surface area contributed by atoms with Crippen molar-refractivity contribution >= 4 is 76.4 Å². The second kappa shape index (κ2) is 17.3. The Morgan fingerprint density at radius 1 is 0.750 bits per heavy atom. The number of aryl methyl sites for hydroxylation is 1. The van der Waals surface area contributed by atoms with Gasteiger partial charge in [0.2, 0.25) is 0 Å². The molecule has 0 bridgehead atoms. The van der Waals surface area contributed by atoms with E-state index in [1.807, 2.05) is 0 Å². The molecule has 20 heteroatoms. The summed E-state index contributed by atoms with van der Waals surface area (Å²) in [6, 6.07) is 21.5. The van der Waals surface area contributed by atoms with Crippen LogP contribution >= 0.6 is 11.6 Å². The minimum absolute atomic E-state index is 0. The Labute approximate surface area is 335 Å². The molecule has 1 radical (unpaired) electrons. The van der Waals surface area contributed by atoms with E-state index >= 15 is 0 Å². The van der Waals surface area contributed by atoms with Gasteiger partial charge < -0.3 is 20.4 Å². The summed E-state index contributed by atoms with van der Waals surface area (Å²) >= 11 is 5.96. The normalized spacial score (nSPS) is 12.1. The van der Waals surface area contributed by atoms with Crippen molar-refractivity contribution in [2.24, 2.45) is 25.4 Å². The summed E-state index contributed by atoms with van der Waals surface area (Å²) in [7, 11) is -7.02. The Morgan fingerprint density at radius 3 is 1.98 bits per heavy atom. The van der Waals surface area contributed by atoms with Gasteiger partial charge in [-0.25, -0.2) is 21.5 Å². The van der Waals surface area contributed by atoms with E-state index in [0.717, 1.165) is 24.6 Å². The third-order valence-electron chi connectivity index (χ3n) is 7.59. The maximum absolute atomic E-state index is 12.6. The summed E-state index contributed by atoms with van der Waals surface area (Å²) in [6.45, 7) is 2.92. The number of halogens is 1. The molecule has 0 aliphatic carbocycles. The maximum Gasteiger partial charge on any atom is 3.00 e. The van der Waals surface area contributed by atoms with Crippen LogP contribution in [0.5, 0.6) is 17.2 Å². The first-order chi connectivity index (χ1) is 25.8. The van der Waals surface area contributed by atoms with Crippen LogP contribution in [0.2, 0.25) is 5.02 Å². The van der Waals surface area contributed by atoms with Gasteiger partial charge in [-0.1, -0.05) is 59.5 Å². The Bertz CT molecular complexity index is 2840. The van der Waals surface area contributed by atoms with Gasteiger partial charge in [-0.2, -0.15) is 10.2 Å². The number of fused-ring (bicyclic) bond motifs is 1. The van der Waals surface area contributed by atoms with Crippen LogP contribution in [0.25, 0.3) is 16.5 Å². The fourth-order valence-corrected chi connectivity index (χ4v) is 6.43. The number of nitrogens with zero attached hydrogens (tertiary/aromatic N) is 6. The zero-order valence-corrected chi connectivity index (χ0v) is 33.3. The molecule has 1 heterocycles. The smallest absolute Gasteiger partial charge is 0.871 e. The zero-order valence-electron chi connectivity index (χ0n) is 29.7. The van der Waals surface area contributed by atoms with Gasteiger partial charge in [-0.15, -0.1) is 10.2 Å². The predicted octanol–water partition coefficient (Wildman–Crippen LogP) is 5.87. The number of benzene rings is 5. The average Bonchev–Trinajstić information content (AvgIpc) is 3.39. The number of aliphatic imine (C=N–C) groups is 1. The largest absolute Gasteiger partial charge is 3.00 e. The number of aromatic amines is 1. The van der Waals surface area contributed by atoms with E-state index in [2.05, 4.69) is 30.5 Å². The van der Waals surface area contributed by atoms with Gasteiger partial charge in [0.1, 0.15) is 11.4 Å². The second-order valence-electron chi connectivity index (χ2n) is 11.8. The van der Waals surface area contributed by atoms with E-state index in [1.54, 1.807) is 55.5 Å². The van der Waals surface area contributed by atoms with Crippen molar-refractivity contribution in [2.45, 2.75) is 23.6 Å². The molecule has 56 heavy (non-hydrogen) atoms. The third-order valence-corrected chi connectivity index (χ3v) is 10.0. The number of hydrogen-bond donors (Lipinski definition) is 2. The van der Waals surface area contributed by atoms with Gasteiger partial charge in [0, 0.05) is 22.9 Å². The van der Waals surface area contributed by atoms with E-state index in [9.17, 15) is 42.1 Å². The van der Waals surface area contributed by atoms with Crippen LogP contribution < -0.4 is 20.9 Å². The first kappa shape index (κ1) is 42.9. The van der Waals surface area contributed by atoms with E-state index in [0.29, 0.717) is 27.2 Å². The molecule has 0 atom stereocenters. The molecule has 16 nitrogen and oxygen atoms in total. The van der Waals surface area contributed by atoms with Crippen molar-refractivity contribution in [3.63, 3.8) is 0 Å². The van der Waals surface area contributed by atoms with Crippen LogP contribution in [0.4, 0.5) is 28.4 Å². The summed E-state index contributed by atoms with van der Waals surface area (Å²) in [5.74, 6) is -1.73. The van der Waals surface area contributed by atoms with Crippen LogP contribution in [-0.4, -0.2) is 50.1 Å². The molecule has 0 saturated carbocycles. The quantitative estimate of drug-likeness (QED) is 0.105. The number of aromatic hydroxyl groups is 1. The van der Waals surface area contributed by atoms with E-state index in [-0.39, 0.29) is 61.3 Å². The molecular formula is C36H29ClCrN7O9S2. The second-order valence-corrected chi connectivity index (χ2v) is 16.3. The van der Waals surface area contributed by atoms with E-state index in [1.165, 1.54) is 41.9 Å². The van der Waals surface area contributed by atoms with Crippen molar-refractivity contribution < 1.29 is 54.6 Å². The van der Waals surface area contributed by atoms with E-state index in [4.69, 9.17) is 11.6 Å². The summed E-state index contributed by atoms with van der Waals surface area (Å²) < 4.78 is 47.9. The average molecular weight is 855 g/mol. The molecule has 0 aliphatic heterocycles. The maximum atomic E-state index is 12.6. The molecular weight excluding hydrogens is 826 g/mol. The number of azo groups is 2. The van der Waals surface area contributed by atoms with Crippen molar-refractivity contribution in [1.82, 2.24) is 9.78 Å². The molecule has 0 unspecified atom stereocenters. The van der Waals surface area contributed by atoms with Crippen LogP contribution in [0, 0.1) is 6.92 Å². The molecule has 1 aromatic heterocycles. The topological polar surface area (TPSA) is 257 Å². The van der Waals surface area contributed by atoms with Gasteiger partial charge in [-0.05, 0) is 79.7 Å². The van der Waals surface area contributed by atoms with E-state index < -0.39 is 42.6 Å². The minimum Gasteiger partial charge on any atom is -0.871 e. The van der Waals surface area contributed by atoms with Gasteiger partial charge in [0.15, 0.2) is 25.4 Å². The fraction of sp³-hybridized carbons (Fsp3) is 0.111. The summed E-state index contributed by atoms with van der Waals surface area (Å²) in [6.07, 6.45) is 2.05. The Kier molecular flexibility index (Phi) is 13.3. The number of phenols is 1. The molecule has 0 spiro atoms. The van der Waals surface area contributed by atoms with Crippen molar-refractivity contribution in [3.8, 4) is 22.9 Å². The SMILES string of the molecule is CC([O-])=Nc1cccc2ccc([O-])c(N=Nc3cc(S(C)(=O)=O)ccc3[O-])c12.Cc1[nH]n(-c2cccc(Cl)c2)c(=O)c1N=Nc1cc(S(C)(=O)=O)ccc1O.[Cr+3]. The Balaban J connectivity index is 0.000000244. The van der Waals surface area contributed by atoms with Crippen molar-refractivity contribution in [3.05, 3.63) is 112 Å². The molecule has 6 rings (SSSR count). The molecule has 287 valence electrons. The van der Waals surface area contributed by atoms with Gasteiger partial charge in [0.25, 0.3) is 5.56 Å². The van der Waals surface area contributed by atoms with Crippen molar-refractivity contribution in [1.29, 1.82) is 0 Å². The number of phenolic OH excluding ortho intramolecular Hbond substituents is 1. The minimum atomic E-state index is -3.54. The van der Waals surface area contributed by atoms with Crippen LogP contribution in [0.3, 0.4) is 0 Å². The molecule has 5 aromatic carbocycles. The summed E-state index contributed by atoms with van der Waals surface area (Å²) in [5.41, 5.74) is 0.413. The number of aromatic nitrogens is 2. The standard InChI is InChI=1S/C19H17N3O5S.C17H15ClN4O4S.Cr/c1-11(23)20-14-5-3-4-12-6-8-17(25)19(18(12)14)22-21-15-10-13(28(2,26)27)7-9-16(15)24;1-10-16(17(24)22(21-10)12-5-3-4-11(18)8-12)20-19-14-9-13(27(2,25)26)6-7-15(14)23;/h3-10,24-25H,1-2H3,(H,20,23);3-9,21,23H,1-2H3;/q;;+3/p-3.